The molecule has 1 N–H and O–H groups in total. The van der Waals surface area contributed by atoms with Crippen LogP contribution in [0.5, 0.6) is 0 Å². The summed E-state index contributed by atoms with van der Waals surface area (Å²) in [7, 11) is 0. The lowest BCUT2D eigenvalue weighted by molar-refractivity contribution is -0.119. The van der Waals surface area contributed by atoms with Crippen molar-refractivity contribution in [1.82, 2.24) is 14.7 Å². The Labute approximate surface area is 105 Å². The summed E-state index contributed by atoms with van der Waals surface area (Å²) in [5, 5.41) is 3.66. The first-order valence-corrected chi connectivity index (χ1v) is 6.87. The molecule has 0 unspecified atom stereocenters. The van der Waals surface area contributed by atoms with Crippen LogP contribution in [-0.2, 0) is 4.79 Å². The van der Waals surface area contributed by atoms with E-state index in [0.29, 0.717) is 19.0 Å². The summed E-state index contributed by atoms with van der Waals surface area (Å²) in [4.78, 5) is 18.0. The van der Waals surface area contributed by atoms with Crippen LogP contribution in [0, 0.1) is 0 Å². The zero-order valence-corrected chi connectivity index (χ0v) is 11.1. The predicted octanol–water partition coefficient (Wildman–Crippen LogP) is 1.38. The summed E-state index contributed by atoms with van der Waals surface area (Å²) in [5.74, 6) is 1.57. The number of carbonyl (C=O) groups excluding carboxylic acids is 1. The van der Waals surface area contributed by atoms with Gasteiger partial charge in [0.15, 0.2) is 0 Å². The van der Waals surface area contributed by atoms with E-state index in [1.807, 2.05) is 18.7 Å². The molecule has 1 aliphatic carbocycles. The molecule has 1 aliphatic rings. The molecule has 1 fully saturated rings. The molecule has 1 amide bonds. The smallest absolute Gasteiger partial charge is 0.239 e. The zero-order chi connectivity index (χ0) is 12.3. The Morgan fingerprint density at radius 2 is 2.29 bits per heavy atom. The van der Waals surface area contributed by atoms with E-state index in [9.17, 15) is 4.79 Å². The van der Waals surface area contributed by atoms with Crippen molar-refractivity contribution in [2.75, 3.05) is 24.5 Å². The second-order valence-electron chi connectivity index (χ2n) is 4.18. The summed E-state index contributed by atoms with van der Waals surface area (Å²) in [6.07, 6.45) is 2.41. The number of carbonyl (C=O) groups is 1. The number of hydrogen-bond acceptors (Lipinski definition) is 5. The topological polar surface area (TPSA) is 58.1 Å². The van der Waals surface area contributed by atoms with Gasteiger partial charge in [0.25, 0.3) is 0 Å². The van der Waals surface area contributed by atoms with Gasteiger partial charge in [0, 0.05) is 30.5 Å². The molecule has 0 bridgehead atoms. The summed E-state index contributed by atoms with van der Waals surface area (Å²) in [6.45, 7) is 5.75. The van der Waals surface area contributed by atoms with Crippen molar-refractivity contribution in [2.24, 2.45) is 0 Å². The third-order valence-corrected chi connectivity index (χ3v) is 3.53. The Hall–Kier alpha value is -1.17. The van der Waals surface area contributed by atoms with Crippen LogP contribution in [0.25, 0.3) is 0 Å². The van der Waals surface area contributed by atoms with Crippen LogP contribution in [0.2, 0.25) is 0 Å². The van der Waals surface area contributed by atoms with Gasteiger partial charge < -0.3 is 10.2 Å². The number of likely N-dealkylation sites (N-methyl/N-ethyl adjacent to an activating group) is 2. The molecule has 94 valence electrons. The Morgan fingerprint density at radius 3 is 2.88 bits per heavy atom. The van der Waals surface area contributed by atoms with Gasteiger partial charge >= 0.3 is 0 Å². The number of hydrogen-bond donors (Lipinski definition) is 1. The molecule has 0 aliphatic heterocycles. The third kappa shape index (κ3) is 3.15. The molecular weight excluding hydrogens is 236 g/mol. The summed E-state index contributed by atoms with van der Waals surface area (Å²) in [6, 6.07) is 0. The monoisotopic (exact) mass is 254 g/mol. The fraction of sp³-hybridized carbons (Fsp3) is 0.727. The first kappa shape index (κ1) is 12.3. The maximum absolute atomic E-state index is 11.5. The number of rotatable bonds is 6. The molecule has 0 aromatic carbocycles. The molecule has 0 radical (unpaired) electrons. The van der Waals surface area contributed by atoms with Crippen LogP contribution in [-0.4, -0.2) is 34.9 Å². The summed E-state index contributed by atoms with van der Waals surface area (Å²) >= 11 is 1.40. The third-order valence-electron chi connectivity index (χ3n) is 2.73. The van der Waals surface area contributed by atoms with Gasteiger partial charge in [0.1, 0.15) is 5.82 Å². The van der Waals surface area contributed by atoms with Crippen LogP contribution in [0.1, 0.15) is 38.4 Å². The lowest BCUT2D eigenvalue weighted by Crippen LogP contribution is -2.37. The predicted molar refractivity (Wildman–Crippen MR) is 68.5 cm³/mol. The van der Waals surface area contributed by atoms with Gasteiger partial charge in [-0.05, 0) is 26.7 Å². The molecule has 1 aromatic rings. The molecule has 0 saturated heterocycles. The maximum Gasteiger partial charge on any atom is 0.239 e. The van der Waals surface area contributed by atoms with E-state index in [1.165, 1.54) is 24.4 Å². The van der Waals surface area contributed by atoms with E-state index in [2.05, 4.69) is 14.7 Å². The Morgan fingerprint density at radius 1 is 1.53 bits per heavy atom. The molecule has 2 rings (SSSR count). The molecule has 6 heteroatoms. The van der Waals surface area contributed by atoms with E-state index in [0.717, 1.165) is 17.5 Å². The van der Waals surface area contributed by atoms with Crippen molar-refractivity contribution in [2.45, 2.75) is 32.6 Å². The summed E-state index contributed by atoms with van der Waals surface area (Å²) < 4.78 is 4.36. The van der Waals surface area contributed by atoms with E-state index >= 15 is 0 Å². The number of nitrogens with zero attached hydrogens (tertiary/aromatic N) is 3. The van der Waals surface area contributed by atoms with Crippen molar-refractivity contribution in [3.8, 4) is 0 Å². The van der Waals surface area contributed by atoms with Crippen LogP contribution < -0.4 is 10.2 Å². The standard InChI is InChI=1S/C11H18N4OS/c1-3-12-9(16)7-15(4-2)11-13-10(14-17-11)8-5-6-8/h8H,3-7H2,1-2H3,(H,12,16). The Bertz CT molecular complexity index is 389. The molecule has 5 nitrogen and oxygen atoms in total. The van der Waals surface area contributed by atoms with E-state index in [-0.39, 0.29) is 5.91 Å². The highest BCUT2D eigenvalue weighted by molar-refractivity contribution is 7.09. The van der Waals surface area contributed by atoms with Crippen LogP contribution >= 0.6 is 11.5 Å². The number of anilines is 1. The van der Waals surface area contributed by atoms with Gasteiger partial charge in [0.05, 0.1) is 6.54 Å². The Kier molecular flexibility index (Phi) is 3.93. The number of amides is 1. The molecule has 1 saturated carbocycles. The lowest BCUT2D eigenvalue weighted by Gasteiger charge is -2.18. The number of nitrogens with one attached hydrogen (secondary N) is 1. The largest absolute Gasteiger partial charge is 0.355 e. The first-order valence-electron chi connectivity index (χ1n) is 6.09. The molecule has 1 heterocycles. The molecule has 1 aromatic heterocycles. The van der Waals surface area contributed by atoms with E-state index in [1.54, 1.807) is 0 Å². The van der Waals surface area contributed by atoms with Gasteiger partial charge in [-0.15, -0.1) is 0 Å². The summed E-state index contributed by atoms with van der Waals surface area (Å²) in [5.41, 5.74) is 0. The lowest BCUT2D eigenvalue weighted by atomic mass is 10.4. The highest BCUT2D eigenvalue weighted by Gasteiger charge is 2.28. The second kappa shape index (κ2) is 5.44. The molecule has 0 spiro atoms. The fourth-order valence-electron chi connectivity index (χ4n) is 1.60. The van der Waals surface area contributed by atoms with Crippen LogP contribution in [0.15, 0.2) is 0 Å². The zero-order valence-electron chi connectivity index (χ0n) is 10.3. The second-order valence-corrected chi connectivity index (χ2v) is 4.91. The fourth-order valence-corrected chi connectivity index (χ4v) is 2.41. The van der Waals surface area contributed by atoms with Gasteiger partial charge in [-0.3, -0.25) is 4.79 Å². The SMILES string of the molecule is CCNC(=O)CN(CC)c1nc(C2CC2)ns1. The highest BCUT2D eigenvalue weighted by atomic mass is 32.1. The highest BCUT2D eigenvalue weighted by Crippen LogP contribution is 2.39. The van der Waals surface area contributed by atoms with Gasteiger partial charge in [-0.1, -0.05) is 0 Å². The van der Waals surface area contributed by atoms with Crippen molar-refractivity contribution in [1.29, 1.82) is 0 Å². The molecular formula is C11H18N4OS. The van der Waals surface area contributed by atoms with E-state index in [4.69, 9.17) is 0 Å². The minimum absolute atomic E-state index is 0.0394. The first-order chi connectivity index (χ1) is 8.24. The molecule has 17 heavy (non-hydrogen) atoms. The van der Waals surface area contributed by atoms with Gasteiger partial charge in [-0.25, -0.2) is 4.98 Å². The van der Waals surface area contributed by atoms with Crippen molar-refractivity contribution in [3.63, 3.8) is 0 Å². The van der Waals surface area contributed by atoms with Crippen molar-refractivity contribution in [3.05, 3.63) is 5.82 Å². The Balaban J connectivity index is 1.98. The minimum Gasteiger partial charge on any atom is -0.355 e. The van der Waals surface area contributed by atoms with Crippen molar-refractivity contribution < 1.29 is 4.79 Å². The maximum atomic E-state index is 11.5. The average Bonchev–Trinajstić information content (AvgIpc) is 3.05. The normalized spacial score (nSPS) is 14.7. The average molecular weight is 254 g/mol. The molecule has 0 atom stereocenters. The van der Waals surface area contributed by atoms with Crippen molar-refractivity contribution >= 4 is 22.6 Å². The van der Waals surface area contributed by atoms with E-state index < -0.39 is 0 Å². The van der Waals surface area contributed by atoms with Gasteiger partial charge in [0.2, 0.25) is 11.0 Å². The minimum atomic E-state index is 0.0394. The quantitative estimate of drug-likeness (QED) is 0.833. The van der Waals surface area contributed by atoms with Crippen LogP contribution in [0.3, 0.4) is 0 Å². The van der Waals surface area contributed by atoms with Crippen LogP contribution in [0.4, 0.5) is 5.13 Å². The van der Waals surface area contributed by atoms with Gasteiger partial charge in [-0.2, -0.15) is 4.37 Å². The number of aromatic nitrogens is 2.